The SMILES string of the molecule is CC(C)Oc1ccccc1[C@@H]1CN([C@H]2CCOc3ccncc32)CCN1C1CC2(CCN(c3ccc(C(=O)NS(=O)(=O)c4cc5c(c([N+](=O)[O-])c4)N[C@H](C4CCOCC4)CO5)c(N4c5cc6cc[nH]c6nc5O[C@H]5COCC[C@@H]54)c3)CC2)C1. The number of hydrogen-bond donors (Lipinski definition) is 3. The van der Waals surface area contributed by atoms with Crippen molar-refractivity contribution < 1.29 is 46.6 Å². The Morgan fingerprint density at radius 1 is 0.867 bits per heavy atom. The Morgan fingerprint density at radius 3 is 2.53 bits per heavy atom. The number of pyridine rings is 2. The molecule has 22 heteroatoms. The Morgan fingerprint density at radius 2 is 1.70 bits per heavy atom. The number of carbonyl (C=O) groups is 1. The zero-order chi connectivity index (χ0) is 56.6. The number of piperidine rings is 1. The maximum absolute atomic E-state index is 15.0. The van der Waals surface area contributed by atoms with Gasteiger partial charge in [0.15, 0.2) is 11.4 Å². The molecule has 1 spiro atoms. The number of aromatic amines is 1. The van der Waals surface area contributed by atoms with E-state index in [1.807, 2.05) is 48.9 Å². The molecule has 14 rings (SSSR count). The first-order valence-corrected chi connectivity index (χ1v) is 30.9. The van der Waals surface area contributed by atoms with E-state index in [4.69, 9.17) is 33.4 Å². The minimum Gasteiger partial charge on any atom is -0.493 e. The lowest BCUT2D eigenvalue weighted by Gasteiger charge is -2.58. The molecule has 6 aromatic rings. The van der Waals surface area contributed by atoms with Crippen molar-refractivity contribution in [3.05, 3.63) is 118 Å². The summed E-state index contributed by atoms with van der Waals surface area (Å²) in [5.74, 6) is 1.51. The number of aromatic nitrogens is 3. The Hall–Kier alpha value is -7.24. The first kappa shape index (κ1) is 53.7. The lowest BCUT2D eigenvalue weighted by Crippen LogP contribution is -2.60. The fraction of sp³-hybridized carbons (Fsp3) is 0.492. The lowest BCUT2D eigenvalue weighted by atomic mass is 9.59. The summed E-state index contributed by atoms with van der Waals surface area (Å²) in [7, 11) is -4.72. The standard InChI is InChI=1S/C61H70N10O11S/c1-37(2)81-54-6-4-3-5-43(54)52-34-68(47-14-26-79-53-10-17-62-33-45(47)53)21-22-69(52)41-31-61(32-41)15-19-67(20-16-61)40-7-8-44(49(28-40)70-48-13-25-78-36-56(48)82-60-51(70)27-39-9-18-63-58(39)65-60)59(72)66-83(75,76)42-29-50(71(73)74)57-55(30-42)80-35-46(64-57)38-11-23-77-24-12-38/h3-10,17-18,27-30,33,37-38,41,46-48,52,56,64H,11-16,19-26,31-32,34-36H2,1-2H3,(H,63,65)(H,66,72)/t46-,47-,48-,52-,56-/m0/s1. The number of rotatable bonds is 12. The topological polar surface area (TPSA) is 228 Å². The van der Waals surface area contributed by atoms with Crippen LogP contribution in [-0.2, 0) is 19.5 Å². The molecule has 1 aliphatic carbocycles. The van der Waals surface area contributed by atoms with Crippen molar-refractivity contribution >= 4 is 55.4 Å². The Balaban J connectivity index is 0.740. The summed E-state index contributed by atoms with van der Waals surface area (Å²) in [6, 6.07) is 22.5. The molecule has 10 heterocycles. The van der Waals surface area contributed by atoms with Crippen LogP contribution in [0.2, 0.25) is 0 Å². The monoisotopic (exact) mass is 1150 g/mol. The number of benzene rings is 3. The normalized spacial score (nSPS) is 24.7. The molecule has 8 aliphatic rings. The highest BCUT2D eigenvalue weighted by Gasteiger charge is 2.51. The molecular formula is C61H70N10O11S. The summed E-state index contributed by atoms with van der Waals surface area (Å²) in [5, 5.41) is 16.7. The second-order valence-corrected chi connectivity index (χ2v) is 25.7. The van der Waals surface area contributed by atoms with Gasteiger partial charge >= 0.3 is 0 Å². The van der Waals surface area contributed by atoms with E-state index in [1.165, 1.54) is 11.6 Å². The van der Waals surface area contributed by atoms with Gasteiger partial charge in [-0.2, -0.15) is 4.98 Å². The van der Waals surface area contributed by atoms with Crippen molar-refractivity contribution in [2.24, 2.45) is 11.3 Å². The zero-order valence-corrected chi connectivity index (χ0v) is 47.6. The summed E-state index contributed by atoms with van der Waals surface area (Å²) in [5.41, 5.74) is 4.94. The van der Waals surface area contributed by atoms with Gasteiger partial charge in [-0.15, -0.1) is 0 Å². The van der Waals surface area contributed by atoms with E-state index in [1.54, 1.807) is 6.07 Å². The van der Waals surface area contributed by atoms with E-state index in [-0.39, 0.29) is 71.8 Å². The number of nitrogens with one attached hydrogen (secondary N) is 3. The number of piperazine rings is 1. The van der Waals surface area contributed by atoms with Gasteiger partial charge in [0, 0.05) is 124 Å². The Kier molecular flexibility index (Phi) is 14.1. The van der Waals surface area contributed by atoms with Crippen LogP contribution in [0.25, 0.3) is 11.0 Å². The molecule has 5 fully saturated rings. The average Bonchev–Trinajstić information content (AvgIpc) is 4.15. The molecule has 83 heavy (non-hydrogen) atoms. The molecule has 7 aliphatic heterocycles. The van der Waals surface area contributed by atoms with Crippen LogP contribution in [0.4, 0.5) is 28.4 Å². The summed E-state index contributed by atoms with van der Waals surface area (Å²) in [6.07, 6.45) is 12.3. The minimum absolute atomic E-state index is 0.0242. The van der Waals surface area contributed by atoms with Gasteiger partial charge in [0.25, 0.3) is 21.6 Å². The molecule has 5 atom stereocenters. The van der Waals surface area contributed by atoms with E-state index in [0.717, 1.165) is 112 Å². The van der Waals surface area contributed by atoms with Crippen molar-refractivity contribution in [3.63, 3.8) is 0 Å². The third-order valence-corrected chi connectivity index (χ3v) is 20.1. The number of sulfonamides is 1. The van der Waals surface area contributed by atoms with Gasteiger partial charge in [0.1, 0.15) is 35.5 Å². The van der Waals surface area contributed by atoms with Gasteiger partial charge in [-0.05, 0) is 113 Å². The predicted molar refractivity (Wildman–Crippen MR) is 310 cm³/mol. The van der Waals surface area contributed by atoms with E-state index < -0.39 is 37.5 Å². The number of carbonyl (C=O) groups excluding carboxylic acids is 1. The maximum Gasteiger partial charge on any atom is 0.297 e. The van der Waals surface area contributed by atoms with Crippen molar-refractivity contribution in [3.8, 4) is 23.1 Å². The summed E-state index contributed by atoms with van der Waals surface area (Å²) >= 11 is 0. The second-order valence-electron chi connectivity index (χ2n) is 24.0. The number of amides is 1. The van der Waals surface area contributed by atoms with E-state index in [0.29, 0.717) is 61.8 Å². The molecule has 1 saturated carbocycles. The number of hydrogen-bond acceptors (Lipinski definition) is 18. The molecule has 1 amide bonds. The Labute approximate surface area is 482 Å². The number of nitrogens with zero attached hydrogens (tertiary/aromatic N) is 7. The smallest absolute Gasteiger partial charge is 0.297 e. The fourth-order valence-corrected chi connectivity index (χ4v) is 15.6. The number of H-pyrrole nitrogens is 1. The van der Waals surface area contributed by atoms with Crippen molar-refractivity contribution in [2.75, 3.05) is 87.5 Å². The molecule has 0 unspecified atom stereocenters. The van der Waals surface area contributed by atoms with Gasteiger partial charge in [0.05, 0.1) is 58.5 Å². The number of ether oxygens (including phenoxy) is 6. The molecule has 0 bridgehead atoms. The third-order valence-electron chi connectivity index (χ3n) is 18.8. The maximum atomic E-state index is 15.0. The van der Waals surface area contributed by atoms with Gasteiger partial charge in [-0.3, -0.25) is 29.7 Å². The molecule has 3 aromatic carbocycles. The third kappa shape index (κ3) is 10.1. The van der Waals surface area contributed by atoms with Gasteiger partial charge in [0.2, 0.25) is 5.88 Å². The van der Waals surface area contributed by atoms with Crippen LogP contribution >= 0.6 is 0 Å². The van der Waals surface area contributed by atoms with E-state index in [2.05, 4.69) is 77.7 Å². The minimum atomic E-state index is -4.72. The summed E-state index contributed by atoms with van der Waals surface area (Å²) in [4.78, 5) is 48.9. The highest BCUT2D eigenvalue weighted by molar-refractivity contribution is 7.90. The first-order valence-electron chi connectivity index (χ1n) is 29.4. The van der Waals surface area contributed by atoms with Crippen molar-refractivity contribution in [1.82, 2.24) is 29.5 Å². The number of nitro benzene ring substituents is 1. The van der Waals surface area contributed by atoms with Crippen LogP contribution in [-0.4, -0.2) is 147 Å². The number of nitro groups is 1. The Bertz CT molecular complexity index is 3560. The van der Waals surface area contributed by atoms with Gasteiger partial charge in [-0.1, -0.05) is 18.2 Å². The highest BCUT2D eigenvalue weighted by Crippen LogP contribution is 2.55. The quantitative estimate of drug-likeness (QED) is 0.0769. The van der Waals surface area contributed by atoms with E-state index in [9.17, 15) is 23.3 Å². The number of fused-ring (bicyclic) bond motifs is 5. The van der Waals surface area contributed by atoms with Crippen LogP contribution in [0.1, 0.15) is 98.8 Å². The van der Waals surface area contributed by atoms with E-state index >= 15 is 0 Å². The number of para-hydroxylation sites is 1. The first-order chi connectivity index (χ1) is 40.3. The molecular weight excluding hydrogens is 1080 g/mol. The highest BCUT2D eigenvalue weighted by atomic mass is 32.2. The largest absolute Gasteiger partial charge is 0.493 e. The molecule has 0 radical (unpaired) electrons. The van der Waals surface area contributed by atoms with Crippen LogP contribution in [0.3, 0.4) is 0 Å². The van der Waals surface area contributed by atoms with Crippen LogP contribution in [0.15, 0.2) is 96.3 Å². The van der Waals surface area contributed by atoms with Crippen LogP contribution in [0, 0.1) is 21.4 Å². The van der Waals surface area contributed by atoms with Gasteiger partial charge in [-0.25, -0.2) is 13.1 Å². The summed E-state index contributed by atoms with van der Waals surface area (Å²) < 4.78 is 68.0. The van der Waals surface area contributed by atoms with Crippen LogP contribution < -0.4 is 38.8 Å². The molecule has 3 N–H and O–H groups in total. The zero-order valence-electron chi connectivity index (χ0n) is 46.7. The summed E-state index contributed by atoms with van der Waals surface area (Å²) in [6.45, 7) is 11.3. The molecule has 4 saturated heterocycles. The number of anilines is 4. The van der Waals surface area contributed by atoms with Crippen molar-refractivity contribution in [1.29, 1.82) is 0 Å². The molecule has 3 aromatic heterocycles. The molecule has 436 valence electrons. The average molecular weight is 1150 g/mol. The second kappa shape index (κ2) is 21.7. The fourth-order valence-electron chi connectivity index (χ4n) is 14.6. The predicted octanol–water partition coefficient (Wildman–Crippen LogP) is 8.69. The lowest BCUT2D eigenvalue weighted by molar-refractivity contribution is -0.384. The molecule has 21 nitrogen and oxygen atoms in total. The van der Waals surface area contributed by atoms with Crippen LogP contribution in [0.5, 0.6) is 23.1 Å². The van der Waals surface area contributed by atoms with Gasteiger partial charge < -0.3 is 48.5 Å². The van der Waals surface area contributed by atoms with Crippen molar-refractivity contribution in [2.45, 2.75) is 113 Å².